The summed E-state index contributed by atoms with van der Waals surface area (Å²) in [4.78, 5) is 12.0. The first kappa shape index (κ1) is 14.5. The van der Waals surface area contributed by atoms with Crippen molar-refractivity contribution < 1.29 is 13.2 Å². The lowest BCUT2D eigenvalue weighted by atomic mass is 10.0. The Bertz CT molecular complexity index is 613. The van der Waals surface area contributed by atoms with E-state index < -0.39 is 15.6 Å². The van der Waals surface area contributed by atoms with Crippen molar-refractivity contribution in [3.05, 3.63) is 28.7 Å². The number of hydrogen-bond acceptors (Lipinski definition) is 3. The van der Waals surface area contributed by atoms with Gasteiger partial charge in [-0.3, -0.25) is 4.79 Å². The number of carbonyl (C=O) groups excluding carboxylic acids is 1. The zero-order chi connectivity index (χ0) is 14.3. The van der Waals surface area contributed by atoms with Crippen molar-refractivity contribution in [1.82, 2.24) is 9.62 Å². The zero-order valence-corrected chi connectivity index (χ0v) is 13.1. The van der Waals surface area contributed by atoms with Crippen LogP contribution in [0.25, 0.3) is 0 Å². The smallest absolute Gasteiger partial charge is 0.245 e. The van der Waals surface area contributed by atoms with Crippen molar-refractivity contribution in [3.8, 4) is 0 Å². The van der Waals surface area contributed by atoms with E-state index in [1.807, 2.05) is 0 Å². The van der Waals surface area contributed by atoms with Crippen LogP contribution in [0.5, 0.6) is 0 Å². The predicted molar refractivity (Wildman–Crippen MR) is 75.1 cm³/mol. The standard InChI is InChI=1S/C12H15BrN2O3S/c1-12(2)11(16)14-7-8-15(12)19(17,18)10-6-4-3-5-9(10)13/h3-6H,7-8H2,1-2H3,(H,14,16). The van der Waals surface area contributed by atoms with Gasteiger partial charge in [-0.05, 0) is 41.9 Å². The van der Waals surface area contributed by atoms with E-state index in [1.165, 1.54) is 10.4 Å². The molecule has 1 amide bonds. The highest BCUT2D eigenvalue weighted by atomic mass is 79.9. The van der Waals surface area contributed by atoms with Crippen molar-refractivity contribution in [2.75, 3.05) is 13.1 Å². The first-order valence-electron chi connectivity index (χ1n) is 5.83. The Morgan fingerprint density at radius 3 is 2.58 bits per heavy atom. The van der Waals surface area contributed by atoms with Crippen LogP contribution < -0.4 is 5.32 Å². The van der Waals surface area contributed by atoms with Gasteiger partial charge in [-0.25, -0.2) is 8.42 Å². The Morgan fingerprint density at radius 2 is 1.95 bits per heavy atom. The highest BCUT2D eigenvalue weighted by molar-refractivity contribution is 9.10. The SMILES string of the molecule is CC1(C)C(=O)NCCN1S(=O)(=O)c1ccccc1Br. The van der Waals surface area contributed by atoms with Gasteiger partial charge in [0.2, 0.25) is 15.9 Å². The van der Waals surface area contributed by atoms with Crippen LogP contribution in [0.4, 0.5) is 0 Å². The fraction of sp³-hybridized carbons (Fsp3) is 0.417. The number of nitrogens with one attached hydrogen (secondary N) is 1. The summed E-state index contributed by atoms with van der Waals surface area (Å²) >= 11 is 3.24. The maximum absolute atomic E-state index is 12.7. The molecular formula is C12H15BrN2O3S. The van der Waals surface area contributed by atoms with Crippen molar-refractivity contribution in [2.45, 2.75) is 24.3 Å². The molecule has 0 aromatic heterocycles. The van der Waals surface area contributed by atoms with Gasteiger partial charge in [-0.15, -0.1) is 0 Å². The van der Waals surface area contributed by atoms with Crippen molar-refractivity contribution in [3.63, 3.8) is 0 Å². The average molecular weight is 347 g/mol. The second kappa shape index (κ2) is 4.88. The Labute approximate surface area is 121 Å². The third-order valence-corrected chi connectivity index (χ3v) is 6.27. The molecule has 1 aliphatic rings. The second-order valence-corrected chi connectivity index (χ2v) is 7.51. The minimum Gasteiger partial charge on any atom is -0.353 e. The van der Waals surface area contributed by atoms with Crippen LogP contribution in [0, 0.1) is 0 Å². The number of halogens is 1. The largest absolute Gasteiger partial charge is 0.353 e. The molecule has 104 valence electrons. The van der Waals surface area contributed by atoms with E-state index in [0.717, 1.165) is 0 Å². The summed E-state index contributed by atoms with van der Waals surface area (Å²) in [7, 11) is -3.71. The van der Waals surface area contributed by atoms with Crippen LogP contribution in [-0.2, 0) is 14.8 Å². The first-order chi connectivity index (χ1) is 8.78. The third kappa shape index (κ3) is 2.42. The number of rotatable bonds is 2. The minimum absolute atomic E-state index is 0.178. The molecule has 1 heterocycles. The van der Waals surface area contributed by atoms with E-state index in [2.05, 4.69) is 21.2 Å². The summed E-state index contributed by atoms with van der Waals surface area (Å²) in [6.45, 7) is 3.81. The van der Waals surface area contributed by atoms with Gasteiger partial charge in [0.25, 0.3) is 0 Å². The van der Waals surface area contributed by atoms with E-state index in [0.29, 0.717) is 11.0 Å². The van der Waals surface area contributed by atoms with E-state index in [-0.39, 0.29) is 17.3 Å². The summed E-state index contributed by atoms with van der Waals surface area (Å²) in [5.41, 5.74) is -1.09. The monoisotopic (exact) mass is 346 g/mol. The van der Waals surface area contributed by atoms with E-state index >= 15 is 0 Å². The summed E-state index contributed by atoms with van der Waals surface area (Å²) in [6.07, 6.45) is 0. The van der Waals surface area contributed by atoms with Crippen LogP contribution in [0.1, 0.15) is 13.8 Å². The molecule has 1 saturated heterocycles. The highest BCUT2D eigenvalue weighted by Gasteiger charge is 2.45. The van der Waals surface area contributed by atoms with Crippen LogP contribution in [0.2, 0.25) is 0 Å². The molecule has 2 rings (SSSR count). The van der Waals surface area contributed by atoms with Gasteiger partial charge in [0.15, 0.2) is 0 Å². The van der Waals surface area contributed by atoms with Crippen LogP contribution >= 0.6 is 15.9 Å². The zero-order valence-electron chi connectivity index (χ0n) is 10.7. The lowest BCUT2D eigenvalue weighted by Gasteiger charge is -2.39. The molecule has 0 saturated carbocycles. The van der Waals surface area contributed by atoms with Crippen molar-refractivity contribution in [1.29, 1.82) is 0 Å². The van der Waals surface area contributed by atoms with Crippen LogP contribution in [0.15, 0.2) is 33.6 Å². The number of benzene rings is 1. The number of nitrogens with zero attached hydrogens (tertiary/aromatic N) is 1. The molecule has 0 spiro atoms. The maximum Gasteiger partial charge on any atom is 0.245 e. The number of amides is 1. The predicted octanol–water partition coefficient (Wildman–Crippen LogP) is 1.35. The van der Waals surface area contributed by atoms with Crippen LogP contribution in [-0.4, -0.2) is 37.3 Å². The fourth-order valence-electron chi connectivity index (χ4n) is 2.07. The Morgan fingerprint density at radius 1 is 1.32 bits per heavy atom. The molecule has 0 atom stereocenters. The summed E-state index contributed by atoms with van der Waals surface area (Å²) < 4.78 is 27.1. The molecule has 5 nitrogen and oxygen atoms in total. The fourth-order valence-corrected chi connectivity index (χ4v) is 4.79. The van der Waals surface area contributed by atoms with Crippen LogP contribution in [0.3, 0.4) is 0 Å². The minimum atomic E-state index is -3.71. The maximum atomic E-state index is 12.7. The van der Waals surface area contributed by atoms with Gasteiger partial charge < -0.3 is 5.32 Å². The van der Waals surface area contributed by atoms with Gasteiger partial charge in [0.1, 0.15) is 5.54 Å². The quantitative estimate of drug-likeness (QED) is 0.878. The Hall–Kier alpha value is -0.920. The topological polar surface area (TPSA) is 66.5 Å². The molecule has 1 N–H and O–H groups in total. The molecule has 0 radical (unpaired) electrons. The molecule has 0 bridgehead atoms. The first-order valence-corrected chi connectivity index (χ1v) is 8.07. The summed E-state index contributed by atoms with van der Waals surface area (Å²) in [6, 6.07) is 6.61. The highest BCUT2D eigenvalue weighted by Crippen LogP contribution is 2.30. The Kier molecular flexibility index (Phi) is 3.72. The molecule has 0 unspecified atom stereocenters. The Balaban J connectivity index is 2.51. The van der Waals surface area contributed by atoms with E-state index in [4.69, 9.17) is 0 Å². The molecule has 7 heteroatoms. The average Bonchev–Trinajstić information content (AvgIpc) is 2.32. The normalized spacial score (nSPS) is 20.1. The molecule has 1 fully saturated rings. The van der Waals surface area contributed by atoms with E-state index in [9.17, 15) is 13.2 Å². The van der Waals surface area contributed by atoms with Crippen molar-refractivity contribution in [2.24, 2.45) is 0 Å². The summed E-state index contributed by atoms with van der Waals surface area (Å²) in [5, 5.41) is 2.68. The van der Waals surface area contributed by atoms with Gasteiger partial charge in [-0.2, -0.15) is 4.31 Å². The van der Waals surface area contributed by atoms with Gasteiger partial charge in [0, 0.05) is 17.6 Å². The van der Waals surface area contributed by atoms with Gasteiger partial charge in [0.05, 0.1) is 4.90 Å². The van der Waals surface area contributed by atoms with E-state index in [1.54, 1.807) is 32.0 Å². The third-order valence-electron chi connectivity index (χ3n) is 3.18. The molecule has 1 aromatic carbocycles. The molecule has 1 aromatic rings. The van der Waals surface area contributed by atoms with Crippen molar-refractivity contribution >= 4 is 31.9 Å². The summed E-state index contributed by atoms with van der Waals surface area (Å²) in [5.74, 6) is -0.283. The number of hydrogen-bond donors (Lipinski definition) is 1. The molecule has 0 aliphatic carbocycles. The van der Waals surface area contributed by atoms with Gasteiger partial charge >= 0.3 is 0 Å². The van der Waals surface area contributed by atoms with Gasteiger partial charge in [-0.1, -0.05) is 12.1 Å². The number of sulfonamides is 1. The lowest BCUT2D eigenvalue weighted by molar-refractivity contribution is -0.131. The lowest BCUT2D eigenvalue weighted by Crippen LogP contribution is -2.63. The number of piperazine rings is 1. The molecule has 19 heavy (non-hydrogen) atoms. The molecule has 1 aliphatic heterocycles. The second-order valence-electron chi connectivity index (χ2n) is 4.82. The number of carbonyl (C=O) groups is 1. The molecular weight excluding hydrogens is 332 g/mol.